The lowest BCUT2D eigenvalue weighted by atomic mass is 10.3. The van der Waals surface area contributed by atoms with Crippen LogP contribution >= 0.6 is 11.3 Å². The molecule has 0 unspecified atom stereocenters. The molecule has 0 radical (unpaired) electrons. The van der Waals surface area contributed by atoms with Crippen LogP contribution in [-0.2, 0) is 13.1 Å². The van der Waals surface area contributed by atoms with E-state index < -0.39 is 0 Å². The second kappa shape index (κ2) is 5.98. The summed E-state index contributed by atoms with van der Waals surface area (Å²) in [6.07, 6.45) is 6.03. The van der Waals surface area contributed by atoms with Gasteiger partial charge in [0, 0.05) is 36.6 Å². The molecule has 3 heterocycles. The standard InChI is InChI=1S/C17H17N5S/c1-13-19-11-16(22(13)15-5-3-2-4-6-15)10-18-9-14-12-21-7-8-23-17(21)20-14/h2-8,11-12,18H,9-10H2,1H3. The molecule has 0 aliphatic rings. The first-order chi connectivity index (χ1) is 11.3. The highest BCUT2D eigenvalue weighted by molar-refractivity contribution is 7.15. The maximum absolute atomic E-state index is 4.59. The van der Waals surface area contributed by atoms with Crippen LogP contribution in [-0.4, -0.2) is 18.9 Å². The van der Waals surface area contributed by atoms with Gasteiger partial charge in [-0.15, -0.1) is 11.3 Å². The molecule has 0 fully saturated rings. The summed E-state index contributed by atoms with van der Waals surface area (Å²) in [4.78, 5) is 10.1. The van der Waals surface area contributed by atoms with Crippen molar-refractivity contribution in [3.63, 3.8) is 0 Å². The van der Waals surface area contributed by atoms with Gasteiger partial charge in [0.2, 0.25) is 0 Å². The predicted molar refractivity (Wildman–Crippen MR) is 91.9 cm³/mol. The van der Waals surface area contributed by atoms with Gasteiger partial charge in [-0.1, -0.05) is 18.2 Å². The fourth-order valence-corrected chi connectivity index (χ4v) is 3.44. The minimum absolute atomic E-state index is 0.743. The molecule has 0 aliphatic heterocycles. The first kappa shape index (κ1) is 14.2. The van der Waals surface area contributed by atoms with Crippen LogP contribution in [0, 0.1) is 6.92 Å². The van der Waals surface area contributed by atoms with E-state index in [9.17, 15) is 0 Å². The van der Waals surface area contributed by atoms with E-state index in [0.717, 1.165) is 41.0 Å². The molecule has 5 nitrogen and oxygen atoms in total. The Kier molecular flexibility index (Phi) is 3.69. The van der Waals surface area contributed by atoms with Crippen LogP contribution in [0.1, 0.15) is 17.2 Å². The number of benzene rings is 1. The average molecular weight is 323 g/mol. The molecular weight excluding hydrogens is 306 g/mol. The third-order valence-corrected chi connectivity index (χ3v) is 4.55. The summed E-state index contributed by atoms with van der Waals surface area (Å²) in [5.74, 6) is 0.996. The van der Waals surface area contributed by atoms with Crippen LogP contribution in [0.5, 0.6) is 0 Å². The van der Waals surface area contributed by atoms with Gasteiger partial charge in [0.1, 0.15) is 5.82 Å². The summed E-state index contributed by atoms with van der Waals surface area (Å²) < 4.78 is 4.23. The van der Waals surface area contributed by atoms with Crippen molar-refractivity contribution < 1.29 is 0 Å². The van der Waals surface area contributed by atoms with E-state index in [4.69, 9.17) is 0 Å². The fourth-order valence-electron chi connectivity index (χ4n) is 2.73. The molecule has 4 rings (SSSR count). The number of thiazole rings is 1. The van der Waals surface area contributed by atoms with E-state index in [1.165, 1.54) is 0 Å². The first-order valence-electron chi connectivity index (χ1n) is 7.52. The predicted octanol–water partition coefficient (Wildman–Crippen LogP) is 3.18. The Balaban J connectivity index is 1.48. The van der Waals surface area contributed by atoms with Gasteiger partial charge in [0.15, 0.2) is 4.96 Å². The summed E-state index contributed by atoms with van der Waals surface area (Å²) in [7, 11) is 0. The molecule has 0 spiro atoms. The van der Waals surface area contributed by atoms with Gasteiger partial charge in [-0.3, -0.25) is 8.97 Å². The van der Waals surface area contributed by atoms with Gasteiger partial charge in [0.25, 0.3) is 0 Å². The van der Waals surface area contributed by atoms with Crippen LogP contribution in [0.2, 0.25) is 0 Å². The summed E-state index contributed by atoms with van der Waals surface area (Å²) >= 11 is 1.65. The Hall–Kier alpha value is -2.44. The quantitative estimate of drug-likeness (QED) is 0.613. The maximum Gasteiger partial charge on any atom is 0.193 e. The Morgan fingerprint density at radius 2 is 2.04 bits per heavy atom. The molecule has 0 saturated heterocycles. The van der Waals surface area contributed by atoms with E-state index in [1.54, 1.807) is 11.3 Å². The lowest BCUT2D eigenvalue weighted by Crippen LogP contribution is -2.16. The zero-order valence-corrected chi connectivity index (χ0v) is 13.6. The maximum atomic E-state index is 4.59. The largest absolute Gasteiger partial charge is 0.305 e. The lowest BCUT2D eigenvalue weighted by molar-refractivity contribution is 0.659. The zero-order valence-electron chi connectivity index (χ0n) is 12.8. The van der Waals surface area contributed by atoms with E-state index in [2.05, 4.69) is 42.6 Å². The molecule has 116 valence electrons. The van der Waals surface area contributed by atoms with Crippen molar-refractivity contribution >= 4 is 16.3 Å². The Bertz CT molecular complexity index is 890. The second-order valence-electron chi connectivity index (χ2n) is 5.40. The molecule has 0 bridgehead atoms. The van der Waals surface area contributed by atoms with Gasteiger partial charge >= 0.3 is 0 Å². The number of aryl methyl sites for hydroxylation is 1. The van der Waals surface area contributed by atoms with Crippen molar-refractivity contribution in [2.45, 2.75) is 20.0 Å². The number of hydrogen-bond acceptors (Lipinski definition) is 4. The number of hydrogen-bond donors (Lipinski definition) is 1. The smallest absolute Gasteiger partial charge is 0.193 e. The molecule has 0 atom stereocenters. The van der Waals surface area contributed by atoms with Crippen molar-refractivity contribution in [2.24, 2.45) is 0 Å². The number of para-hydroxylation sites is 1. The molecule has 0 amide bonds. The van der Waals surface area contributed by atoms with Crippen LogP contribution in [0.25, 0.3) is 10.6 Å². The third-order valence-electron chi connectivity index (χ3n) is 3.78. The SMILES string of the molecule is Cc1ncc(CNCc2cn3ccsc3n2)n1-c1ccccc1. The molecule has 4 aromatic rings. The van der Waals surface area contributed by atoms with Gasteiger partial charge in [-0.05, 0) is 19.1 Å². The molecule has 1 N–H and O–H groups in total. The van der Waals surface area contributed by atoms with Crippen molar-refractivity contribution in [3.8, 4) is 5.69 Å². The Labute approximate surface area is 138 Å². The van der Waals surface area contributed by atoms with E-state index in [1.807, 2.05) is 42.9 Å². The van der Waals surface area contributed by atoms with Crippen LogP contribution in [0.15, 0.2) is 54.3 Å². The number of imidazole rings is 2. The number of rotatable bonds is 5. The van der Waals surface area contributed by atoms with Crippen LogP contribution in [0.4, 0.5) is 0 Å². The van der Waals surface area contributed by atoms with Crippen molar-refractivity contribution in [2.75, 3.05) is 0 Å². The Morgan fingerprint density at radius 1 is 1.17 bits per heavy atom. The van der Waals surface area contributed by atoms with Crippen LogP contribution < -0.4 is 5.32 Å². The second-order valence-corrected chi connectivity index (χ2v) is 6.27. The van der Waals surface area contributed by atoms with E-state index in [0.29, 0.717) is 0 Å². The first-order valence-corrected chi connectivity index (χ1v) is 8.39. The zero-order chi connectivity index (χ0) is 15.6. The van der Waals surface area contributed by atoms with Crippen molar-refractivity contribution in [3.05, 3.63) is 71.5 Å². The molecular formula is C17H17N5S. The summed E-state index contributed by atoms with van der Waals surface area (Å²) in [5.41, 5.74) is 3.34. The van der Waals surface area contributed by atoms with E-state index >= 15 is 0 Å². The number of nitrogens with zero attached hydrogens (tertiary/aromatic N) is 4. The highest BCUT2D eigenvalue weighted by atomic mass is 32.1. The van der Waals surface area contributed by atoms with E-state index in [-0.39, 0.29) is 0 Å². The van der Waals surface area contributed by atoms with Crippen molar-refractivity contribution in [1.82, 2.24) is 24.3 Å². The van der Waals surface area contributed by atoms with Crippen molar-refractivity contribution in [1.29, 1.82) is 0 Å². The normalized spacial score (nSPS) is 11.3. The molecule has 6 heteroatoms. The summed E-state index contributed by atoms with van der Waals surface area (Å²) in [6, 6.07) is 10.3. The highest BCUT2D eigenvalue weighted by Gasteiger charge is 2.09. The molecule has 3 aromatic heterocycles. The summed E-state index contributed by atoms with van der Waals surface area (Å²) in [5, 5.41) is 5.50. The minimum Gasteiger partial charge on any atom is -0.305 e. The number of fused-ring (bicyclic) bond motifs is 1. The van der Waals surface area contributed by atoms with Crippen LogP contribution in [0.3, 0.4) is 0 Å². The van der Waals surface area contributed by atoms with Gasteiger partial charge in [-0.25, -0.2) is 9.97 Å². The number of aromatic nitrogens is 4. The van der Waals surface area contributed by atoms with Gasteiger partial charge in [-0.2, -0.15) is 0 Å². The Morgan fingerprint density at radius 3 is 2.87 bits per heavy atom. The molecule has 23 heavy (non-hydrogen) atoms. The van der Waals surface area contributed by atoms with Gasteiger partial charge in [0.05, 0.1) is 17.6 Å². The topological polar surface area (TPSA) is 47.1 Å². The molecule has 1 aromatic carbocycles. The lowest BCUT2D eigenvalue weighted by Gasteiger charge is -2.10. The third kappa shape index (κ3) is 2.78. The average Bonchev–Trinajstić information content (AvgIpc) is 3.23. The highest BCUT2D eigenvalue weighted by Crippen LogP contribution is 2.15. The van der Waals surface area contributed by atoms with Gasteiger partial charge < -0.3 is 5.32 Å². The number of nitrogens with one attached hydrogen (secondary N) is 1. The monoisotopic (exact) mass is 323 g/mol. The molecule has 0 saturated carbocycles. The fraction of sp³-hybridized carbons (Fsp3) is 0.176. The summed E-state index contributed by atoms with van der Waals surface area (Å²) in [6.45, 7) is 3.52. The minimum atomic E-state index is 0.743. The molecule has 0 aliphatic carbocycles.